The second-order valence-electron chi connectivity index (χ2n) is 2.16. The molecule has 0 spiro atoms. The Morgan fingerprint density at radius 3 is 2.62 bits per heavy atom. The van der Waals surface area contributed by atoms with Crippen molar-refractivity contribution in [2.45, 2.75) is 0 Å². The lowest BCUT2D eigenvalue weighted by atomic mass is 9.80. The summed E-state index contributed by atoms with van der Waals surface area (Å²) in [7, 11) is 0.119. The Balaban J connectivity index is 2.96. The van der Waals surface area contributed by atoms with Gasteiger partial charge in [-0.2, -0.15) is 0 Å². The van der Waals surface area contributed by atoms with Crippen LogP contribution in [-0.2, 0) is 9.61 Å². The highest BCUT2D eigenvalue weighted by molar-refractivity contribution is 6.61. The van der Waals surface area contributed by atoms with Crippen LogP contribution >= 0.6 is 0 Å². The molecule has 0 atom stereocenters. The van der Waals surface area contributed by atoms with Gasteiger partial charge >= 0.3 is 7.12 Å². The Hall–Kier alpha value is -1.15. The van der Waals surface area contributed by atoms with Crippen LogP contribution in [0.5, 0.6) is 5.75 Å². The van der Waals surface area contributed by atoms with Crippen LogP contribution in [0.4, 0.5) is 0 Å². The topological polar surface area (TPSA) is 81.0 Å². The molecule has 1 rings (SSSR count). The first kappa shape index (κ1) is 9.94. The monoisotopic (exact) mass is 185 g/mol. The molecule has 0 fully saturated rings. The Labute approximate surface area is 74.7 Å². The van der Waals surface area contributed by atoms with E-state index in [9.17, 15) is 0 Å². The summed E-state index contributed by atoms with van der Waals surface area (Å²) >= 11 is 0. The van der Waals surface area contributed by atoms with Crippen LogP contribution in [0.1, 0.15) is 0 Å². The minimum atomic E-state index is -1.32. The molecular formula is C6H8BNO5. The minimum absolute atomic E-state index is 0.287. The van der Waals surface area contributed by atoms with Crippen molar-refractivity contribution in [3.8, 4) is 5.75 Å². The molecule has 0 saturated heterocycles. The smallest absolute Gasteiger partial charge is 0.497 e. The third-order valence-corrected chi connectivity index (χ3v) is 1.48. The fraction of sp³-hybridized carbons (Fsp3) is 0.167. The third-order valence-electron chi connectivity index (χ3n) is 1.48. The van der Waals surface area contributed by atoms with Gasteiger partial charge in [0.15, 0.2) is 0 Å². The number of pyridine rings is 1. The average Bonchev–Trinajstić information content (AvgIpc) is 2.20. The van der Waals surface area contributed by atoms with E-state index in [1.165, 1.54) is 19.5 Å². The van der Waals surface area contributed by atoms with Crippen LogP contribution < -0.4 is 10.2 Å². The van der Waals surface area contributed by atoms with Gasteiger partial charge in [-0.05, 0) is 6.07 Å². The molecule has 1 aromatic rings. The number of hydrogen-bond acceptors (Lipinski definition) is 6. The van der Waals surface area contributed by atoms with Crippen molar-refractivity contribution >= 4 is 12.6 Å². The lowest BCUT2D eigenvalue weighted by Crippen LogP contribution is -2.36. The first-order chi connectivity index (χ1) is 6.33. The average molecular weight is 185 g/mol. The molecule has 13 heavy (non-hydrogen) atoms. The molecule has 0 aromatic carbocycles. The van der Waals surface area contributed by atoms with Gasteiger partial charge in [0.05, 0.1) is 7.11 Å². The standard InChI is InChI=1S/C6H8BNO5/c1-11-6-2-3-8-4-5(6)7(12-9)13-10/h2-4,9-10H,1H3. The number of ether oxygens (including phenoxy) is 1. The summed E-state index contributed by atoms with van der Waals surface area (Å²) in [6.45, 7) is 0. The maximum atomic E-state index is 8.33. The fourth-order valence-electron chi connectivity index (χ4n) is 0.890. The first-order valence-corrected chi connectivity index (χ1v) is 3.41. The number of hydrogen-bond donors (Lipinski definition) is 2. The molecule has 70 valence electrons. The van der Waals surface area contributed by atoms with E-state index in [4.69, 9.17) is 15.3 Å². The molecule has 0 aliphatic rings. The van der Waals surface area contributed by atoms with E-state index < -0.39 is 7.12 Å². The van der Waals surface area contributed by atoms with Crippen LogP contribution in [0.2, 0.25) is 0 Å². The van der Waals surface area contributed by atoms with Crippen molar-refractivity contribution in [1.29, 1.82) is 0 Å². The van der Waals surface area contributed by atoms with E-state index in [1.807, 2.05) is 0 Å². The lowest BCUT2D eigenvalue weighted by molar-refractivity contribution is -0.221. The highest BCUT2D eigenvalue weighted by Crippen LogP contribution is 2.05. The van der Waals surface area contributed by atoms with E-state index >= 15 is 0 Å². The summed E-state index contributed by atoms with van der Waals surface area (Å²) in [6.07, 6.45) is 2.84. The number of rotatable bonds is 4. The zero-order chi connectivity index (χ0) is 9.68. The van der Waals surface area contributed by atoms with E-state index in [0.717, 1.165) is 0 Å². The van der Waals surface area contributed by atoms with E-state index in [1.54, 1.807) is 6.07 Å². The molecule has 7 heteroatoms. The number of nitrogens with zero attached hydrogens (tertiary/aromatic N) is 1. The highest BCUT2D eigenvalue weighted by Gasteiger charge is 2.26. The van der Waals surface area contributed by atoms with Gasteiger partial charge in [0.2, 0.25) is 0 Å². The maximum absolute atomic E-state index is 8.33. The fourth-order valence-corrected chi connectivity index (χ4v) is 0.890. The minimum Gasteiger partial charge on any atom is -0.497 e. The van der Waals surface area contributed by atoms with Crippen LogP contribution in [-0.4, -0.2) is 29.7 Å². The molecule has 1 heterocycles. The number of methoxy groups -OCH3 is 1. The van der Waals surface area contributed by atoms with Crippen molar-refractivity contribution in [1.82, 2.24) is 4.98 Å². The Bertz CT molecular complexity index is 267. The van der Waals surface area contributed by atoms with Gasteiger partial charge in [-0.25, -0.2) is 0 Å². The summed E-state index contributed by atoms with van der Waals surface area (Å²) in [5, 5.41) is 16.7. The van der Waals surface area contributed by atoms with Crippen LogP contribution in [0.3, 0.4) is 0 Å². The molecule has 0 aliphatic heterocycles. The van der Waals surface area contributed by atoms with Gasteiger partial charge in [0.25, 0.3) is 0 Å². The molecule has 0 unspecified atom stereocenters. The Morgan fingerprint density at radius 2 is 2.08 bits per heavy atom. The highest BCUT2D eigenvalue weighted by atomic mass is 17.2. The SMILES string of the molecule is COc1ccncc1B(OO)OO. The quantitative estimate of drug-likeness (QED) is 0.382. The second kappa shape index (κ2) is 4.78. The van der Waals surface area contributed by atoms with Gasteiger partial charge < -0.3 is 4.74 Å². The van der Waals surface area contributed by atoms with E-state index in [-0.39, 0.29) is 5.46 Å². The van der Waals surface area contributed by atoms with Crippen molar-refractivity contribution < 1.29 is 24.9 Å². The zero-order valence-corrected chi connectivity index (χ0v) is 6.88. The molecule has 2 N–H and O–H groups in total. The van der Waals surface area contributed by atoms with Gasteiger partial charge in [0.1, 0.15) is 5.75 Å². The largest absolute Gasteiger partial charge is 0.559 e. The van der Waals surface area contributed by atoms with Crippen LogP contribution in [0.15, 0.2) is 18.5 Å². The predicted molar refractivity (Wildman–Crippen MR) is 43.6 cm³/mol. The normalized spacial score (nSPS) is 9.77. The molecule has 6 nitrogen and oxygen atoms in total. The van der Waals surface area contributed by atoms with Crippen molar-refractivity contribution in [3.05, 3.63) is 18.5 Å². The van der Waals surface area contributed by atoms with Gasteiger partial charge in [-0.15, -0.1) is 0 Å². The summed E-state index contributed by atoms with van der Waals surface area (Å²) < 4.78 is 4.91. The Morgan fingerprint density at radius 1 is 1.38 bits per heavy atom. The molecule has 0 bridgehead atoms. The maximum Gasteiger partial charge on any atom is 0.559 e. The molecule has 0 aliphatic carbocycles. The second-order valence-corrected chi connectivity index (χ2v) is 2.16. The van der Waals surface area contributed by atoms with E-state index in [0.29, 0.717) is 5.75 Å². The van der Waals surface area contributed by atoms with Crippen molar-refractivity contribution in [2.75, 3.05) is 7.11 Å². The van der Waals surface area contributed by atoms with Crippen molar-refractivity contribution in [2.24, 2.45) is 0 Å². The van der Waals surface area contributed by atoms with Crippen molar-refractivity contribution in [3.63, 3.8) is 0 Å². The zero-order valence-electron chi connectivity index (χ0n) is 6.88. The summed E-state index contributed by atoms with van der Waals surface area (Å²) in [5.41, 5.74) is 0.287. The summed E-state index contributed by atoms with van der Waals surface area (Å²) in [6, 6.07) is 1.54. The molecule has 1 aromatic heterocycles. The van der Waals surface area contributed by atoms with Crippen LogP contribution in [0, 0.1) is 0 Å². The lowest BCUT2D eigenvalue weighted by Gasteiger charge is -2.08. The van der Waals surface area contributed by atoms with Crippen LogP contribution in [0.25, 0.3) is 0 Å². The third kappa shape index (κ3) is 2.16. The van der Waals surface area contributed by atoms with Gasteiger partial charge in [-0.1, -0.05) is 0 Å². The van der Waals surface area contributed by atoms with E-state index in [2.05, 4.69) is 14.6 Å². The molecule has 0 radical (unpaired) electrons. The van der Waals surface area contributed by atoms with Gasteiger partial charge in [0, 0.05) is 17.9 Å². The molecular weight excluding hydrogens is 177 g/mol. The molecule has 0 saturated carbocycles. The predicted octanol–water partition coefficient (Wildman–Crippen LogP) is -0.235. The number of aromatic nitrogens is 1. The summed E-state index contributed by atoms with van der Waals surface area (Å²) in [4.78, 5) is 11.4. The summed E-state index contributed by atoms with van der Waals surface area (Å²) in [5.74, 6) is 0.392. The Kier molecular flexibility index (Phi) is 3.65. The molecule has 0 amide bonds. The first-order valence-electron chi connectivity index (χ1n) is 3.41. The van der Waals surface area contributed by atoms with Gasteiger partial charge in [-0.3, -0.25) is 25.1 Å².